The van der Waals surface area contributed by atoms with Crippen molar-refractivity contribution in [2.24, 2.45) is 0 Å². The molecule has 2 heterocycles. The van der Waals surface area contributed by atoms with E-state index in [1.165, 1.54) is 21.9 Å². The SMILES string of the molecule is c1ccc(-c2ccc3cc(-c4nc(-c5ccc6ccccc6c5)nc(-c5ccc6cc7c(cc6c5)oc5ccccc57)n4)ccc3c2)cc1. The summed E-state index contributed by atoms with van der Waals surface area (Å²) in [7, 11) is 0. The van der Waals surface area contributed by atoms with Gasteiger partial charge < -0.3 is 4.42 Å². The van der Waals surface area contributed by atoms with E-state index in [9.17, 15) is 0 Å². The van der Waals surface area contributed by atoms with Crippen LogP contribution in [0, 0.1) is 0 Å². The number of hydrogen-bond acceptors (Lipinski definition) is 4. The molecule has 4 nitrogen and oxygen atoms in total. The van der Waals surface area contributed by atoms with Crippen LogP contribution in [0.1, 0.15) is 0 Å². The fourth-order valence-corrected chi connectivity index (χ4v) is 6.89. The summed E-state index contributed by atoms with van der Waals surface area (Å²) in [5.41, 5.74) is 6.96. The number of furan rings is 1. The quantitative estimate of drug-likeness (QED) is 0.195. The molecule has 0 atom stereocenters. The van der Waals surface area contributed by atoms with Crippen molar-refractivity contribution in [3.8, 4) is 45.3 Å². The molecule has 0 aliphatic carbocycles. The Hall–Kier alpha value is -6.65. The molecule has 0 spiro atoms. The van der Waals surface area contributed by atoms with Crippen LogP contribution < -0.4 is 0 Å². The third-order valence-electron chi connectivity index (χ3n) is 9.44. The van der Waals surface area contributed by atoms with Gasteiger partial charge in [-0.3, -0.25) is 0 Å². The van der Waals surface area contributed by atoms with Gasteiger partial charge in [0.2, 0.25) is 0 Å². The van der Waals surface area contributed by atoms with Gasteiger partial charge in [0.05, 0.1) is 0 Å². The average molecular weight is 626 g/mol. The highest BCUT2D eigenvalue weighted by Crippen LogP contribution is 2.35. The van der Waals surface area contributed by atoms with Crippen LogP contribution in [-0.4, -0.2) is 15.0 Å². The molecular formula is C45H27N3O. The van der Waals surface area contributed by atoms with Crippen LogP contribution in [-0.2, 0) is 0 Å². The number of hydrogen-bond donors (Lipinski definition) is 0. The largest absolute Gasteiger partial charge is 0.456 e. The second-order valence-electron chi connectivity index (χ2n) is 12.5. The van der Waals surface area contributed by atoms with Crippen LogP contribution in [0.2, 0.25) is 0 Å². The van der Waals surface area contributed by atoms with E-state index in [0.29, 0.717) is 17.5 Å². The van der Waals surface area contributed by atoms with E-state index in [1.807, 2.05) is 24.3 Å². The lowest BCUT2D eigenvalue weighted by molar-refractivity contribution is 0.669. The average Bonchev–Trinajstić information content (AvgIpc) is 3.53. The number of para-hydroxylation sites is 1. The first-order chi connectivity index (χ1) is 24.2. The van der Waals surface area contributed by atoms with E-state index in [4.69, 9.17) is 19.4 Å². The Morgan fingerprint density at radius 3 is 1.47 bits per heavy atom. The van der Waals surface area contributed by atoms with Gasteiger partial charge in [0, 0.05) is 27.5 Å². The lowest BCUT2D eigenvalue weighted by atomic mass is 10.00. The van der Waals surface area contributed by atoms with Gasteiger partial charge in [-0.25, -0.2) is 15.0 Å². The summed E-state index contributed by atoms with van der Waals surface area (Å²) >= 11 is 0. The van der Waals surface area contributed by atoms with Crippen LogP contribution in [0.5, 0.6) is 0 Å². The number of rotatable bonds is 4. The van der Waals surface area contributed by atoms with E-state index < -0.39 is 0 Å². The maximum atomic E-state index is 6.22. The number of fused-ring (bicyclic) bond motifs is 6. The molecule has 10 aromatic rings. The summed E-state index contributed by atoms with van der Waals surface area (Å²) in [6.45, 7) is 0. The molecular weight excluding hydrogens is 599 g/mol. The van der Waals surface area contributed by atoms with Crippen molar-refractivity contribution in [2.75, 3.05) is 0 Å². The summed E-state index contributed by atoms with van der Waals surface area (Å²) < 4.78 is 6.22. The Labute approximate surface area is 282 Å². The van der Waals surface area contributed by atoms with Gasteiger partial charge in [-0.15, -0.1) is 0 Å². The summed E-state index contributed by atoms with van der Waals surface area (Å²) in [4.78, 5) is 15.2. The van der Waals surface area contributed by atoms with Crippen molar-refractivity contribution in [1.82, 2.24) is 15.0 Å². The van der Waals surface area contributed by atoms with Gasteiger partial charge in [0.1, 0.15) is 11.2 Å². The molecule has 0 fully saturated rings. The Balaban J connectivity index is 1.13. The molecule has 0 saturated heterocycles. The lowest BCUT2D eigenvalue weighted by Crippen LogP contribution is -2.00. The molecule has 0 aliphatic heterocycles. The van der Waals surface area contributed by atoms with Gasteiger partial charge in [-0.05, 0) is 85.9 Å². The van der Waals surface area contributed by atoms with Gasteiger partial charge in [-0.2, -0.15) is 0 Å². The highest BCUT2D eigenvalue weighted by Gasteiger charge is 2.15. The summed E-state index contributed by atoms with van der Waals surface area (Å²) in [6.07, 6.45) is 0. The number of aromatic nitrogens is 3. The third kappa shape index (κ3) is 4.81. The molecule has 228 valence electrons. The van der Waals surface area contributed by atoms with Gasteiger partial charge in [0.15, 0.2) is 17.5 Å². The molecule has 0 radical (unpaired) electrons. The molecule has 2 aromatic heterocycles. The molecule has 0 unspecified atom stereocenters. The third-order valence-corrected chi connectivity index (χ3v) is 9.44. The van der Waals surface area contributed by atoms with E-state index in [1.54, 1.807) is 0 Å². The van der Waals surface area contributed by atoms with Crippen molar-refractivity contribution in [1.29, 1.82) is 0 Å². The minimum absolute atomic E-state index is 0.624. The highest BCUT2D eigenvalue weighted by molar-refractivity contribution is 6.10. The first-order valence-electron chi connectivity index (χ1n) is 16.4. The van der Waals surface area contributed by atoms with Crippen LogP contribution in [0.15, 0.2) is 168 Å². The van der Waals surface area contributed by atoms with Crippen molar-refractivity contribution in [2.45, 2.75) is 0 Å². The van der Waals surface area contributed by atoms with Crippen LogP contribution in [0.4, 0.5) is 0 Å². The van der Waals surface area contributed by atoms with Crippen molar-refractivity contribution in [3.05, 3.63) is 164 Å². The minimum atomic E-state index is 0.624. The van der Waals surface area contributed by atoms with Crippen molar-refractivity contribution < 1.29 is 4.42 Å². The fourth-order valence-electron chi connectivity index (χ4n) is 6.89. The molecule has 0 aliphatic rings. The van der Waals surface area contributed by atoms with Crippen molar-refractivity contribution in [3.63, 3.8) is 0 Å². The molecule has 49 heavy (non-hydrogen) atoms. The Bertz CT molecular complexity index is 2890. The summed E-state index contributed by atoms with van der Waals surface area (Å²) in [6, 6.07) is 57.1. The van der Waals surface area contributed by atoms with E-state index in [0.717, 1.165) is 60.2 Å². The van der Waals surface area contributed by atoms with E-state index in [2.05, 4.69) is 140 Å². The molecule has 0 amide bonds. The smallest absolute Gasteiger partial charge is 0.164 e. The van der Waals surface area contributed by atoms with Gasteiger partial charge in [0.25, 0.3) is 0 Å². The normalized spacial score (nSPS) is 11.7. The maximum absolute atomic E-state index is 6.22. The monoisotopic (exact) mass is 625 g/mol. The first kappa shape index (κ1) is 27.5. The van der Waals surface area contributed by atoms with Crippen LogP contribution in [0.25, 0.3) is 99.5 Å². The lowest BCUT2D eigenvalue weighted by Gasteiger charge is -2.11. The van der Waals surface area contributed by atoms with E-state index >= 15 is 0 Å². The highest BCUT2D eigenvalue weighted by atomic mass is 16.3. The van der Waals surface area contributed by atoms with Crippen molar-refractivity contribution >= 4 is 54.3 Å². The zero-order chi connectivity index (χ0) is 32.3. The van der Waals surface area contributed by atoms with E-state index in [-0.39, 0.29) is 0 Å². The molecule has 0 N–H and O–H groups in total. The second-order valence-corrected chi connectivity index (χ2v) is 12.5. The maximum Gasteiger partial charge on any atom is 0.164 e. The van der Waals surface area contributed by atoms with Gasteiger partial charge in [-0.1, -0.05) is 121 Å². The summed E-state index contributed by atoms with van der Waals surface area (Å²) in [5.74, 6) is 1.90. The predicted molar refractivity (Wildman–Crippen MR) is 201 cm³/mol. The molecule has 0 bridgehead atoms. The Morgan fingerprint density at radius 2 is 0.776 bits per heavy atom. The fraction of sp³-hybridized carbons (Fsp3) is 0. The molecule has 0 saturated carbocycles. The molecule has 8 aromatic carbocycles. The van der Waals surface area contributed by atoms with Crippen LogP contribution in [0.3, 0.4) is 0 Å². The number of benzene rings is 8. The second kappa shape index (κ2) is 11.0. The standard InChI is InChI=1S/C45H27N3O/c1-2-8-28(9-3-1)31-15-16-33-24-36(20-17-32(33)22-31)44-46-43(35-19-14-29-10-4-5-11-30(29)23-35)47-45(48-44)37-21-18-34-26-40-39-12-6-7-13-41(39)49-42(40)27-38(34)25-37/h1-27H. The zero-order valence-electron chi connectivity index (χ0n) is 26.3. The van der Waals surface area contributed by atoms with Crippen LogP contribution >= 0.6 is 0 Å². The molecule has 10 rings (SSSR count). The Kier molecular flexibility index (Phi) is 6.15. The first-order valence-corrected chi connectivity index (χ1v) is 16.4. The number of nitrogens with zero attached hydrogens (tertiary/aromatic N) is 3. The predicted octanol–water partition coefficient (Wildman–Crippen LogP) is 11.9. The zero-order valence-corrected chi connectivity index (χ0v) is 26.3. The summed E-state index contributed by atoms with van der Waals surface area (Å²) in [5, 5.41) is 9.06. The van der Waals surface area contributed by atoms with Gasteiger partial charge >= 0.3 is 0 Å². The minimum Gasteiger partial charge on any atom is -0.456 e. The Morgan fingerprint density at radius 1 is 0.286 bits per heavy atom. The topological polar surface area (TPSA) is 51.8 Å². The molecule has 4 heteroatoms.